The summed E-state index contributed by atoms with van der Waals surface area (Å²) in [7, 11) is 1.46. The van der Waals surface area contributed by atoms with Gasteiger partial charge in [0.05, 0.1) is 0 Å². The van der Waals surface area contributed by atoms with Crippen LogP contribution in [0.15, 0.2) is 59.8 Å². The van der Waals surface area contributed by atoms with Crippen molar-refractivity contribution in [1.82, 2.24) is 5.32 Å². The first kappa shape index (κ1) is 21.6. The summed E-state index contributed by atoms with van der Waals surface area (Å²) in [5, 5.41) is 6.78. The Balaban J connectivity index is 1.09. The summed E-state index contributed by atoms with van der Waals surface area (Å²) < 4.78 is 6.47. The topological polar surface area (TPSA) is 85.9 Å². The molecule has 36 heavy (non-hydrogen) atoms. The van der Waals surface area contributed by atoms with Crippen LogP contribution in [0.25, 0.3) is 0 Å². The fraction of sp³-hybridized carbons (Fsp3) is 0.333. The van der Waals surface area contributed by atoms with Crippen LogP contribution in [-0.4, -0.2) is 18.9 Å². The highest BCUT2D eigenvalue weighted by molar-refractivity contribution is 5.97. The van der Waals surface area contributed by atoms with Crippen LogP contribution in [0.5, 0.6) is 0 Å². The van der Waals surface area contributed by atoms with Gasteiger partial charge in [-0.15, -0.1) is 0 Å². The van der Waals surface area contributed by atoms with Gasteiger partial charge in [0.1, 0.15) is 19.3 Å². The third-order valence-electron chi connectivity index (χ3n) is 7.97. The zero-order chi connectivity index (χ0) is 24.4. The Morgan fingerprint density at radius 3 is 2.06 bits per heavy atom. The van der Waals surface area contributed by atoms with Crippen molar-refractivity contribution in [2.75, 3.05) is 7.11 Å². The average Bonchev–Trinajstić information content (AvgIpc) is 3.84. The molecule has 3 aromatic carbocycles. The predicted octanol–water partition coefficient (Wildman–Crippen LogP) is 5.16. The lowest BCUT2D eigenvalue weighted by Crippen LogP contribution is -2.23. The number of nitrogens with one attached hydrogen (secondary N) is 1. The fourth-order valence-corrected chi connectivity index (χ4v) is 5.79. The van der Waals surface area contributed by atoms with Crippen LogP contribution in [0, 0.1) is 0 Å². The van der Waals surface area contributed by atoms with Crippen LogP contribution in [0.3, 0.4) is 0 Å². The average molecular weight is 480 g/mol. The third-order valence-corrected chi connectivity index (χ3v) is 7.97. The molecule has 2 fully saturated rings. The monoisotopic (exact) mass is 479 g/mol. The second-order valence-electron chi connectivity index (χ2n) is 10.4. The molecule has 0 radical (unpaired) electrons. The smallest absolute Gasteiger partial charge is 0.251 e. The Labute approximate surface area is 210 Å². The van der Waals surface area contributed by atoms with E-state index in [0.717, 1.165) is 28.5 Å². The van der Waals surface area contributed by atoms with Gasteiger partial charge in [-0.05, 0) is 88.6 Å². The number of amidine groups is 1. The van der Waals surface area contributed by atoms with Crippen molar-refractivity contribution in [1.29, 1.82) is 0 Å². The maximum atomic E-state index is 13.0. The minimum Gasteiger partial charge on any atom is -0.397 e. The fourth-order valence-electron chi connectivity index (χ4n) is 5.79. The quantitative estimate of drug-likeness (QED) is 0.278. The van der Waals surface area contributed by atoms with Gasteiger partial charge >= 0.3 is 0 Å². The molecular weight excluding hydrogens is 450 g/mol. The van der Waals surface area contributed by atoms with Gasteiger partial charge in [0, 0.05) is 17.7 Å². The molecule has 1 amide bonds. The number of nitrogens with two attached hydrogens (primary N) is 1. The normalized spacial score (nSPS) is 21.8. The minimum absolute atomic E-state index is 0.00420. The predicted molar refractivity (Wildman–Crippen MR) is 137 cm³/mol. The molecule has 4 aliphatic rings. The largest absolute Gasteiger partial charge is 0.397 e. The molecule has 0 saturated heterocycles. The first-order valence-electron chi connectivity index (χ1n) is 12.8. The molecule has 3 N–H and O–H groups in total. The van der Waals surface area contributed by atoms with Gasteiger partial charge in [-0.1, -0.05) is 47.6 Å². The van der Waals surface area contributed by atoms with Gasteiger partial charge in [0.15, 0.2) is 5.84 Å². The zero-order valence-electron chi connectivity index (χ0n) is 20.3. The highest BCUT2D eigenvalue weighted by atomic mass is 16.6. The highest BCUT2D eigenvalue weighted by Crippen LogP contribution is 2.58. The second-order valence-corrected chi connectivity index (χ2v) is 10.4. The van der Waals surface area contributed by atoms with E-state index in [1.165, 1.54) is 49.5 Å². The first-order chi connectivity index (χ1) is 17.6. The maximum Gasteiger partial charge on any atom is 0.251 e. The van der Waals surface area contributed by atoms with Crippen molar-refractivity contribution in [3.05, 3.63) is 105 Å². The van der Waals surface area contributed by atoms with Gasteiger partial charge < -0.3 is 20.6 Å². The van der Waals surface area contributed by atoms with Crippen molar-refractivity contribution in [2.24, 2.45) is 10.9 Å². The molecule has 0 aromatic heterocycles. The van der Waals surface area contributed by atoms with Crippen molar-refractivity contribution in [3.63, 3.8) is 0 Å². The molecule has 7 rings (SSSR count). The summed E-state index contributed by atoms with van der Waals surface area (Å²) >= 11 is 0. The lowest BCUT2D eigenvalue weighted by Gasteiger charge is -2.20. The van der Waals surface area contributed by atoms with Gasteiger partial charge in [0.2, 0.25) is 0 Å². The van der Waals surface area contributed by atoms with E-state index in [9.17, 15) is 4.79 Å². The molecule has 2 heterocycles. The molecule has 6 heteroatoms. The van der Waals surface area contributed by atoms with Gasteiger partial charge in [-0.3, -0.25) is 4.79 Å². The molecule has 3 aromatic rings. The van der Waals surface area contributed by atoms with Crippen LogP contribution < -0.4 is 11.1 Å². The number of ether oxygens (including phenoxy) is 1. The van der Waals surface area contributed by atoms with Gasteiger partial charge in [-0.25, -0.2) is 0 Å². The third kappa shape index (κ3) is 3.59. The number of benzene rings is 3. The summed E-state index contributed by atoms with van der Waals surface area (Å²) in [4.78, 5) is 17.7. The number of carbonyl (C=O) groups is 1. The van der Waals surface area contributed by atoms with Crippen LogP contribution in [-0.2, 0) is 16.1 Å². The summed E-state index contributed by atoms with van der Waals surface area (Å²) in [6, 6.07) is 18.5. The molecule has 2 saturated carbocycles. The zero-order valence-corrected chi connectivity index (χ0v) is 20.3. The van der Waals surface area contributed by atoms with Crippen molar-refractivity contribution < 1.29 is 14.4 Å². The minimum atomic E-state index is -0.0897. The van der Waals surface area contributed by atoms with E-state index in [1.807, 2.05) is 36.4 Å². The van der Waals surface area contributed by atoms with E-state index < -0.39 is 0 Å². The Hall–Kier alpha value is -3.64. The van der Waals surface area contributed by atoms with E-state index in [1.54, 1.807) is 11.1 Å². The number of oxime groups is 1. The molecule has 6 nitrogen and oxygen atoms in total. The Kier molecular flexibility index (Phi) is 4.93. The van der Waals surface area contributed by atoms with E-state index >= 15 is 0 Å². The van der Waals surface area contributed by atoms with Crippen molar-refractivity contribution in [2.45, 2.75) is 56.3 Å². The first-order valence-corrected chi connectivity index (χ1v) is 12.8. The number of fused-ring (bicyclic) bond motifs is 8. The number of rotatable bonds is 7. The SMILES string of the molecule is CON=C(N)c1ccc(CNC(=O)c2ccc3c(c2)[C@@H]2O[C@H]3c3cc(C4CC4)c(C4CC4)cc32)cc1. The lowest BCUT2D eigenvalue weighted by molar-refractivity contribution is 0.0857. The molecule has 2 aliphatic carbocycles. The second kappa shape index (κ2) is 8.20. The molecule has 2 aliphatic heterocycles. The van der Waals surface area contributed by atoms with Crippen LogP contribution in [0.2, 0.25) is 0 Å². The highest BCUT2D eigenvalue weighted by Gasteiger charge is 2.45. The van der Waals surface area contributed by atoms with E-state index in [0.29, 0.717) is 17.9 Å². The molecule has 182 valence electrons. The summed E-state index contributed by atoms with van der Waals surface area (Å²) in [6.07, 6.45) is 5.20. The number of nitrogens with zero attached hydrogens (tertiary/aromatic N) is 1. The van der Waals surface area contributed by atoms with Gasteiger partial charge in [-0.2, -0.15) is 0 Å². The molecule has 0 unspecified atom stereocenters. The van der Waals surface area contributed by atoms with E-state index in [2.05, 4.69) is 28.7 Å². The number of amides is 1. The number of hydrogen-bond donors (Lipinski definition) is 2. The summed E-state index contributed by atoms with van der Waals surface area (Å²) in [5.74, 6) is 1.72. The Morgan fingerprint density at radius 2 is 1.44 bits per heavy atom. The van der Waals surface area contributed by atoms with Crippen LogP contribution in [0.1, 0.15) is 105 Å². The van der Waals surface area contributed by atoms with E-state index in [4.69, 9.17) is 15.3 Å². The molecule has 2 bridgehead atoms. The van der Waals surface area contributed by atoms with Crippen LogP contribution in [0.4, 0.5) is 0 Å². The van der Waals surface area contributed by atoms with Crippen molar-refractivity contribution in [3.8, 4) is 0 Å². The molecule has 0 spiro atoms. The van der Waals surface area contributed by atoms with Crippen LogP contribution >= 0.6 is 0 Å². The standard InChI is InChI=1S/C30H29N3O3/c1-35-33-29(31)19-4-2-16(3-5-19)15-32-30(34)20-10-11-21-24(12-20)28-26-14-23(18-8-9-18)22(17-6-7-17)13-25(26)27(21)36-28/h2-5,10-14,17-18,27-28H,6-9,15H2,1H3,(H2,31,33)(H,32,34)/t27-,28+/m1/s1. The Morgan fingerprint density at radius 1 is 0.861 bits per heavy atom. The summed E-state index contributed by atoms with van der Waals surface area (Å²) in [5.41, 5.74) is 16.4. The summed E-state index contributed by atoms with van der Waals surface area (Å²) in [6.45, 7) is 0.428. The molecular formula is C30H29N3O3. The number of carbonyl (C=O) groups excluding carboxylic acids is 1. The van der Waals surface area contributed by atoms with Crippen molar-refractivity contribution >= 4 is 11.7 Å². The van der Waals surface area contributed by atoms with E-state index in [-0.39, 0.29) is 18.1 Å². The Bertz CT molecular complexity index is 1400. The molecule has 2 atom stereocenters. The van der Waals surface area contributed by atoms with Gasteiger partial charge in [0.25, 0.3) is 5.91 Å². The maximum absolute atomic E-state index is 13.0. The number of hydrogen-bond acceptors (Lipinski definition) is 4. The lowest BCUT2D eigenvalue weighted by atomic mass is 9.82.